The van der Waals surface area contributed by atoms with Crippen LogP contribution in [0.5, 0.6) is 0 Å². The van der Waals surface area contributed by atoms with Crippen LogP contribution >= 0.6 is 0 Å². The van der Waals surface area contributed by atoms with Gasteiger partial charge < -0.3 is 4.74 Å². The van der Waals surface area contributed by atoms with Gasteiger partial charge >= 0.3 is 12.1 Å². The van der Waals surface area contributed by atoms with Gasteiger partial charge in [0.2, 0.25) is 0 Å². The quantitative estimate of drug-likeness (QED) is 0.768. The first-order valence-corrected chi connectivity index (χ1v) is 6.07. The molecule has 0 spiro atoms. The number of hydrogen-bond donors (Lipinski definition) is 0. The predicted molar refractivity (Wildman–Crippen MR) is 65.7 cm³/mol. The molecule has 0 aromatic heterocycles. The number of rotatable bonds is 5. The van der Waals surface area contributed by atoms with E-state index in [-0.39, 0.29) is 19.0 Å². The fraction of sp³-hybridized carbons (Fsp3) is 0.500. The minimum absolute atomic E-state index is 0.0201. The smallest absolute Gasteiger partial charge is 0.391 e. The van der Waals surface area contributed by atoms with E-state index < -0.39 is 12.1 Å². The number of esters is 1. The summed E-state index contributed by atoms with van der Waals surface area (Å²) in [5.41, 5.74) is 1.59. The van der Waals surface area contributed by atoms with Gasteiger partial charge in [0.15, 0.2) is 0 Å². The molecule has 0 aliphatic carbocycles. The molecular weight excluding hydrogens is 257 g/mol. The van der Waals surface area contributed by atoms with Gasteiger partial charge in [-0.15, -0.1) is 0 Å². The molecule has 0 amide bonds. The highest BCUT2D eigenvalue weighted by Crippen LogP contribution is 2.28. The molecule has 0 saturated heterocycles. The Balaban J connectivity index is 2.50. The molecule has 1 unspecified atom stereocenters. The van der Waals surface area contributed by atoms with Gasteiger partial charge in [-0.1, -0.05) is 31.2 Å². The topological polar surface area (TPSA) is 26.3 Å². The highest BCUT2D eigenvalue weighted by Gasteiger charge is 2.35. The van der Waals surface area contributed by atoms with E-state index in [2.05, 4.69) is 0 Å². The number of benzene rings is 1. The monoisotopic (exact) mass is 274 g/mol. The Morgan fingerprint density at radius 3 is 2.21 bits per heavy atom. The number of hydrogen-bond acceptors (Lipinski definition) is 2. The third-order valence-electron chi connectivity index (χ3n) is 2.82. The second-order valence-corrected chi connectivity index (χ2v) is 4.55. The zero-order chi connectivity index (χ0) is 14.5. The van der Waals surface area contributed by atoms with Crippen LogP contribution in [0.15, 0.2) is 24.3 Å². The maximum Gasteiger partial charge on any atom is 0.391 e. The molecule has 1 aromatic rings. The molecule has 2 nitrogen and oxygen atoms in total. The summed E-state index contributed by atoms with van der Waals surface area (Å²) in [6.45, 7) is 2.80. The highest BCUT2D eigenvalue weighted by molar-refractivity contribution is 5.65. The molecular formula is C14H17F3O2. The molecule has 1 atom stereocenters. The molecule has 0 saturated carbocycles. The van der Waals surface area contributed by atoms with Crippen molar-refractivity contribution in [2.45, 2.75) is 32.9 Å². The molecule has 106 valence electrons. The zero-order valence-electron chi connectivity index (χ0n) is 11.0. The summed E-state index contributed by atoms with van der Waals surface area (Å²) in [4.78, 5) is 10.6. The van der Waals surface area contributed by atoms with Gasteiger partial charge in [0.1, 0.15) is 0 Å². The standard InChI is InChI=1S/C14H17F3O2/c1-10(14(15,16)17)9-13-5-3-12(4-6-13)7-8-19-11(2)18/h3-6,10H,7-9H2,1-2H3. The maximum absolute atomic E-state index is 12.4. The van der Waals surface area contributed by atoms with Crippen LogP contribution in [-0.2, 0) is 22.4 Å². The van der Waals surface area contributed by atoms with Gasteiger partial charge in [-0.05, 0) is 17.5 Å². The highest BCUT2D eigenvalue weighted by atomic mass is 19.4. The van der Waals surface area contributed by atoms with E-state index in [1.807, 2.05) is 0 Å². The molecule has 19 heavy (non-hydrogen) atoms. The van der Waals surface area contributed by atoms with E-state index >= 15 is 0 Å². The molecule has 1 rings (SSSR count). The zero-order valence-corrected chi connectivity index (χ0v) is 11.0. The molecule has 0 radical (unpaired) electrons. The van der Waals surface area contributed by atoms with E-state index in [1.165, 1.54) is 13.8 Å². The Bertz CT molecular complexity index is 410. The largest absolute Gasteiger partial charge is 0.466 e. The number of halogens is 3. The second kappa shape index (κ2) is 6.59. The SMILES string of the molecule is CC(=O)OCCc1ccc(CC(C)C(F)(F)F)cc1. The van der Waals surface area contributed by atoms with Crippen molar-refractivity contribution in [3.63, 3.8) is 0 Å². The summed E-state index contributed by atoms with van der Waals surface area (Å²) in [6.07, 6.45) is -3.61. The first kappa shape index (κ1) is 15.5. The molecule has 0 aliphatic heterocycles. The molecule has 0 N–H and O–H groups in total. The van der Waals surface area contributed by atoms with Gasteiger partial charge in [-0.2, -0.15) is 13.2 Å². The van der Waals surface area contributed by atoms with Crippen molar-refractivity contribution in [3.8, 4) is 0 Å². The van der Waals surface area contributed by atoms with Gasteiger partial charge in [0, 0.05) is 13.3 Å². The van der Waals surface area contributed by atoms with Crippen LogP contribution in [0.3, 0.4) is 0 Å². The third kappa shape index (κ3) is 5.77. The maximum atomic E-state index is 12.4. The summed E-state index contributed by atoms with van der Waals surface area (Å²) in [7, 11) is 0. The van der Waals surface area contributed by atoms with Crippen LogP contribution in [0.2, 0.25) is 0 Å². The summed E-state index contributed by atoms with van der Waals surface area (Å²) >= 11 is 0. The van der Waals surface area contributed by atoms with Gasteiger partial charge in [0.05, 0.1) is 12.5 Å². The fourth-order valence-electron chi connectivity index (χ4n) is 1.62. The van der Waals surface area contributed by atoms with Crippen LogP contribution in [0.4, 0.5) is 13.2 Å². The first-order chi connectivity index (χ1) is 8.79. The lowest BCUT2D eigenvalue weighted by Gasteiger charge is -2.15. The average Bonchev–Trinajstić information content (AvgIpc) is 2.29. The number of alkyl halides is 3. The lowest BCUT2D eigenvalue weighted by Crippen LogP contribution is -2.21. The van der Waals surface area contributed by atoms with Gasteiger partial charge in [-0.25, -0.2) is 0 Å². The number of carbonyl (C=O) groups excluding carboxylic acids is 1. The predicted octanol–water partition coefficient (Wildman–Crippen LogP) is 3.53. The van der Waals surface area contributed by atoms with Crippen molar-refractivity contribution in [1.29, 1.82) is 0 Å². The number of carbonyl (C=O) groups is 1. The summed E-state index contributed by atoms with van der Waals surface area (Å²) < 4.78 is 42.0. The summed E-state index contributed by atoms with van der Waals surface area (Å²) in [5, 5.41) is 0. The van der Waals surface area contributed by atoms with E-state index in [0.29, 0.717) is 12.0 Å². The Hall–Kier alpha value is -1.52. The Morgan fingerprint density at radius 1 is 1.21 bits per heavy atom. The van der Waals surface area contributed by atoms with Crippen LogP contribution in [-0.4, -0.2) is 18.8 Å². The minimum atomic E-state index is -4.16. The van der Waals surface area contributed by atoms with E-state index in [9.17, 15) is 18.0 Å². The van der Waals surface area contributed by atoms with Crippen molar-refractivity contribution in [3.05, 3.63) is 35.4 Å². The Kier molecular flexibility index (Phi) is 5.39. The molecule has 5 heteroatoms. The van der Waals surface area contributed by atoms with Crippen molar-refractivity contribution >= 4 is 5.97 Å². The van der Waals surface area contributed by atoms with Gasteiger partial charge in [-0.3, -0.25) is 4.79 Å². The van der Waals surface area contributed by atoms with Crippen LogP contribution in [0.25, 0.3) is 0 Å². The molecule has 0 heterocycles. The van der Waals surface area contributed by atoms with E-state index in [0.717, 1.165) is 5.56 Å². The van der Waals surface area contributed by atoms with Crippen LogP contribution < -0.4 is 0 Å². The third-order valence-corrected chi connectivity index (χ3v) is 2.82. The van der Waals surface area contributed by atoms with Crippen molar-refractivity contribution in [2.75, 3.05) is 6.61 Å². The molecule has 1 aromatic carbocycles. The lowest BCUT2D eigenvalue weighted by molar-refractivity contribution is -0.169. The van der Waals surface area contributed by atoms with Crippen molar-refractivity contribution in [1.82, 2.24) is 0 Å². The average molecular weight is 274 g/mol. The van der Waals surface area contributed by atoms with Crippen LogP contribution in [0, 0.1) is 5.92 Å². The minimum Gasteiger partial charge on any atom is -0.466 e. The van der Waals surface area contributed by atoms with E-state index in [4.69, 9.17) is 4.74 Å². The normalized spacial score (nSPS) is 13.1. The van der Waals surface area contributed by atoms with Crippen molar-refractivity contribution < 1.29 is 22.7 Å². The van der Waals surface area contributed by atoms with Gasteiger partial charge in [0.25, 0.3) is 0 Å². The summed E-state index contributed by atoms with van der Waals surface area (Å²) in [6, 6.07) is 6.90. The fourth-order valence-corrected chi connectivity index (χ4v) is 1.62. The molecule has 0 bridgehead atoms. The van der Waals surface area contributed by atoms with Crippen molar-refractivity contribution in [2.24, 2.45) is 5.92 Å². The Labute approximate surface area is 110 Å². The lowest BCUT2D eigenvalue weighted by atomic mass is 9.99. The summed E-state index contributed by atoms with van der Waals surface area (Å²) in [5.74, 6) is -1.69. The second-order valence-electron chi connectivity index (χ2n) is 4.55. The van der Waals surface area contributed by atoms with Crippen LogP contribution in [0.1, 0.15) is 25.0 Å². The molecule has 0 aliphatic rings. The molecule has 0 fully saturated rings. The van der Waals surface area contributed by atoms with E-state index in [1.54, 1.807) is 24.3 Å². The Morgan fingerprint density at radius 2 is 1.74 bits per heavy atom. The number of ether oxygens (including phenoxy) is 1. The first-order valence-electron chi connectivity index (χ1n) is 6.07.